The zero-order valence-electron chi connectivity index (χ0n) is 15.0. The van der Waals surface area contributed by atoms with Gasteiger partial charge in [0.15, 0.2) is 0 Å². The number of likely N-dealkylation sites (tertiary alicyclic amines) is 1. The second-order valence-electron chi connectivity index (χ2n) is 7.25. The van der Waals surface area contributed by atoms with Crippen LogP contribution < -0.4 is 4.74 Å². The van der Waals surface area contributed by atoms with Gasteiger partial charge in [-0.15, -0.1) is 0 Å². The molecule has 0 amide bonds. The van der Waals surface area contributed by atoms with Crippen molar-refractivity contribution in [2.75, 3.05) is 26.8 Å². The molecule has 1 heterocycles. The summed E-state index contributed by atoms with van der Waals surface area (Å²) in [6.45, 7) is 4.69. The molecule has 1 saturated heterocycles. The number of rotatable bonds is 6. The molecule has 1 saturated carbocycles. The van der Waals surface area contributed by atoms with E-state index in [1.165, 1.54) is 30.4 Å². The number of aryl methyl sites for hydroxylation is 1. The Kier molecular flexibility index (Phi) is 6.14. The zero-order chi connectivity index (χ0) is 16.9. The molecule has 4 nitrogen and oxygen atoms in total. The molecule has 24 heavy (non-hydrogen) atoms. The van der Waals surface area contributed by atoms with Crippen LogP contribution in [0.5, 0.6) is 5.75 Å². The fourth-order valence-electron chi connectivity index (χ4n) is 4.18. The first-order valence-corrected chi connectivity index (χ1v) is 9.34. The van der Waals surface area contributed by atoms with Crippen molar-refractivity contribution in [3.63, 3.8) is 0 Å². The summed E-state index contributed by atoms with van der Waals surface area (Å²) in [5.41, 5.74) is 2.48. The van der Waals surface area contributed by atoms with Crippen molar-refractivity contribution in [2.24, 2.45) is 0 Å². The lowest BCUT2D eigenvalue weighted by atomic mass is 9.91. The number of aliphatic hydroxyl groups is 1. The first-order valence-electron chi connectivity index (χ1n) is 9.34. The van der Waals surface area contributed by atoms with Gasteiger partial charge in [0, 0.05) is 19.1 Å². The van der Waals surface area contributed by atoms with Crippen LogP contribution in [0.25, 0.3) is 0 Å². The minimum atomic E-state index is -0.144. The van der Waals surface area contributed by atoms with Crippen LogP contribution in [-0.2, 0) is 11.2 Å². The Morgan fingerprint density at radius 3 is 2.75 bits per heavy atom. The summed E-state index contributed by atoms with van der Waals surface area (Å²) in [5, 5.41) is 9.82. The highest BCUT2D eigenvalue weighted by Gasteiger charge is 2.34. The van der Waals surface area contributed by atoms with E-state index in [4.69, 9.17) is 9.47 Å². The van der Waals surface area contributed by atoms with E-state index in [1.54, 1.807) is 7.11 Å². The number of methoxy groups -OCH3 is 1. The van der Waals surface area contributed by atoms with Gasteiger partial charge in [0.1, 0.15) is 5.75 Å². The van der Waals surface area contributed by atoms with Gasteiger partial charge in [-0.05, 0) is 49.8 Å². The molecule has 4 heteroatoms. The Labute approximate surface area is 145 Å². The van der Waals surface area contributed by atoms with Gasteiger partial charge in [0.05, 0.1) is 25.9 Å². The summed E-state index contributed by atoms with van der Waals surface area (Å²) < 4.78 is 11.6. The van der Waals surface area contributed by atoms with E-state index in [9.17, 15) is 5.11 Å². The molecule has 1 N–H and O–H groups in total. The van der Waals surface area contributed by atoms with E-state index in [-0.39, 0.29) is 6.10 Å². The first-order chi connectivity index (χ1) is 11.7. The van der Waals surface area contributed by atoms with Crippen LogP contribution in [-0.4, -0.2) is 55.1 Å². The number of hydrogen-bond donors (Lipinski definition) is 1. The molecule has 1 aromatic rings. The van der Waals surface area contributed by atoms with Crippen LogP contribution in [0, 0.1) is 6.92 Å². The number of nitrogens with zero attached hydrogens (tertiary/aromatic N) is 1. The molecule has 0 radical (unpaired) electrons. The van der Waals surface area contributed by atoms with E-state index < -0.39 is 0 Å². The molecule has 0 bridgehead atoms. The van der Waals surface area contributed by atoms with Gasteiger partial charge < -0.3 is 14.6 Å². The maximum absolute atomic E-state index is 9.82. The number of hydrogen-bond acceptors (Lipinski definition) is 4. The summed E-state index contributed by atoms with van der Waals surface area (Å²) in [5.74, 6) is 0.944. The average molecular weight is 333 g/mol. The average Bonchev–Trinajstić information content (AvgIpc) is 3.02. The predicted octanol–water partition coefficient (Wildman–Crippen LogP) is 2.94. The molecule has 3 rings (SSSR count). The normalized spacial score (nSPS) is 28.2. The highest BCUT2D eigenvalue weighted by atomic mass is 16.5. The molecule has 0 unspecified atom stereocenters. The Morgan fingerprint density at radius 1 is 1.21 bits per heavy atom. The van der Waals surface area contributed by atoms with Crippen molar-refractivity contribution in [2.45, 2.75) is 63.7 Å². The smallest absolute Gasteiger partial charge is 0.121 e. The van der Waals surface area contributed by atoms with E-state index in [0.29, 0.717) is 12.1 Å². The minimum Gasteiger partial charge on any atom is -0.496 e. The molecule has 0 aromatic heterocycles. The molecule has 0 spiro atoms. The molecule has 2 fully saturated rings. The monoisotopic (exact) mass is 333 g/mol. The third kappa shape index (κ3) is 4.29. The topological polar surface area (TPSA) is 41.9 Å². The molecule has 134 valence electrons. The van der Waals surface area contributed by atoms with Crippen molar-refractivity contribution < 1.29 is 14.6 Å². The fraction of sp³-hybridized carbons (Fsp3) is 0.700. The molecular weight excluding hydrogens is 302 g/mol. The van der Waals surface area contributed by atoms with E-state index >= 15 is 0 Å². The predicted molar refractivity (Wildman–Crippen MR) is 95.6 cm³/mol. The largest absolute Gasteiger partial charge is 0.496 e. The Bertz CT molecular complexity index is 534. The quantitative estimate of drug-likeness (QED) is 0.869. The van der Waals surface area contributed by atoms with Gasteiger partial charge in [-0.1, -0.05) is 25.0 Å². The van der Waals surface area contributed by atoms with Crippen LogP contribution in [0.4, 0.5) is 0 Å². The van der Waals surface area contributed by atoms with Gasteiger partial charge >= 0.3 is 0 Å². The van der Waals surface area contributed by atoms with Gasteiger partial charge in [0.25, 0.3) is 0 Å². The van der Waals surface area contributed by atoms with Gasteiger partial charge in [-0.3, -0.25) is 4.90 Å². The lowest BCUT2D eigenvalue weighted by Gasteiger charge is -2.37. The lowest BCUT2D eigenvalue weighted by Crippen LogP contribution is -2.46. The molecule has 2 aliphatic rings. The molecule has 1 aliphatic carbocycles. The summed E-state index contributed by atoms with van der Waals surface area (Å²) >= 11 is 0. The maximum atomic E-state index is 9.82. The molecule has 1 aromatic carbocycles. The summed E-state index contributed by atoms with van der Waals surface area (Å²) in [6, 6.07) is 6.86. The summed E-state index contributed by atoms with van der Waals surface area (Å²) in [6.07, 6.45) is 6.94. The third-order valence-electron chi connectivity index (χ3n) is 5.51. The summed E-state index contributed by atoms with van der Waals surface area (Å²) in [4.78, 5) is 2.45. The van der Waals surface area contributed by atoms with Crippen LogP contribution in [0.15, 0.2) is 18.2 Å². The second kappa shape index (κ2) is 8.32. The highest BCUT2D eigenvalue weighted by molar-refractivity contribution is 5.36. The number of β-amino-alcohol motifs (C(OH)–C–C–N with tert-alkyl or cyclic N) is 1. The van der Waals surface area contributed by atoms with Crippen molar-refractivity contribution >= 4 is 0 Å². The highest BCUT2D eigenvalue weighted by Crippen LogP contribution is 2.28. The molecule has 3 atom stereocenters. The Hall–Kier alpha value is -1.10. The van der Waals surface area contributed by atoms with E-state index in [1.807, 2.05) is 6.07 Å². The van der Waals surface area contributed by atoms with Crippen molar-refractivity contribution in [3.8, 4) is 5.75 Å². The van der Waals surface area contributed by atoms with Crippen LogP contribution in [0.3, 0.4) is 0 Å². The van der Waals surface area contributed by atoms with Crippen molar-refractivity contribution in [3.05, 3.63) is 29.3 Å². The second-order valence-corrected chi connectivity index (χ2v) is 7.25. The molecule has 1 aliphatic heterocycles. The van der Waals surface area contributed by atoms with E-state index in [2.05, 4.69) is 24.0 Å². The SMILES string of the molecule is COc1ccc(CCO[C@@H]2CCCC[C@H]2N2CC[C@@H](O)C2)cc1C. The fourth-order valence-corrected chi connectivity index (χ4v) is 4.18. The first kappa shape index (κ1) is 17.7. The van der Waals surface area contributed by atoms with Crippen molar-refractivity contribution in [1.29, 1.82) is 0 Å². The number of aliphatic hydroxyl groups excluding tert-OH is 1. The molecular formula is C20H31NO3. The zero-order valence-corrected chi connectivity index (χ0v) is 15.0. The van der Waals surface area contributed by atoms with Crippen molar-refractivity contribution in [1.82, 2.24) is 4.90 Å². The standard InChI is InChI=1S/C20H31NO3/c1-15-13-16(7-8-19(15)23-2)10-12-24-20-6-4-3-5-18(20)21-11-9-17(22)14-21/h7-8,13,17-18,20,22H,3-6,9-12,14H2,1-2H3/t17-,18-,20-/m1/s1. The number of ether oxygens (including phenoxy) is 2. The van der Waals surface area contributed by atoms with Crippen LogP contribution >= 0.6 is 0 Å². The summed E-state index contributed by atoms with van der Waals surface area (Å²) in [7, 11) is 1.71. The third-order valence-corrected chi connectivity index (χ3v) is 5.51. The van der Waals surface area contributed by atoms with Gasteiger partial charge in [0.2, 0.25) is 0 Å². The Morgan fingerprint density at radius 2 is 2.04 bits per heavy atom. The van der Waals surface area contributed by atoms with Gasteiger partial charge in [-0.2, -0.15) is 0 Å². The lowest BCUT2D eigenvalue weighted by molar-refractivity contribution is -0.0316. The maximum Gasteiger partial charge on any atom is 0.121 e. The minimum absolute atomic E-state index is 0.144. The Balaban J connectivity index is 1.51. The van der Waals surface area contributed by atoms with Gasteiger partial charge in [-0.25, -0.2) is 0 Å². The number of benzene rings is 1. The van der Waals surface area contributed by atoms with Crippen LogP contribution in [0.2, 0.25) is 0 Å². The van der Waals surface area contributed by atoms with Crippen LogP contribution in [0.1, 0.15) is 43.2 Å². The van der Waals surface area contributed by atoms with E-state index in [0.717, 1.165) is 44.7 Å².